The fourth-order valence-corrected chi connectivity index (χ4v) is 4.15. The molecule has 8 heteroatoms. The van der Waals surface area contributed by atoms with E-state index in [4.69, 9.17) is 4.98 Å². The number of aromatic nitrogens is 6. The number of hydrogen-bond donors (Lipinski definition) is 2. The molecule has 5 rings (SSSR count). The Labute approximate surface area is 184 Å². The molecule has 2 N–H and O–H groups in total. The number of pyridine rings is 2. The lowest BCUT2D eigenvalue weighted by molar-refractivity contribution is 0.578. The minimum absolute atomic E-state index is 0.401. The maximum atomic E-state index is 13.6. The van der Waals surface area contributed by atoms with Crippen LogP contribution in [0.4, 0.5) is 10.1 Å². The molecule has 7 nitrogen and oxygen atoms in total. The summed E-state index contributed by atoms with van der Waals surface area (Å²) in [7, 11) is 0. The molecule has 0 atom stereocenters. The number of piperidine rings is 1. The number of allylic oxidation sites excluding steroid dienone is 1. The first-order valence-electron chi connectivity index (χ1n) is 10.8. The minimum atomic E-state index is -0.401. The van der Waals surface area contributed by atoms with Gasteiger partial charge in [-0.1, -0.05) is 12.7 Å². The van der Waals surface area contributed by atoms with E-state index in [1.165, 1.54) is 31.5 Å². The van der Waals surface area contributed by atoms with Gasteiger partial charge in [-0.3, -0.25) is 15.1 Å². The van der Waals surface area contributed by atoms with Crippen molar-refractivity contribution in [3.8, 4) is 11.5 Å². The van der Waals surface area contributed by atoms with Gasteiger partial charge in [0.05, 0.1) is 35.1 Å². The molecule has 5 heterocycles. The molecule has 0 aliphatic carbocycles. The van der Waals surface area contributed by atoms with Gasteiger partial charge in [0.2, 0.25) is 0 Å². The number of halogens is 1. The van der Waals surface area contributed by atoms with E-state index in [1.807, 2.05) is 25.3 Å². The first-order valence-corrected chi connectivity index (χ1v) is 10.8. The minimum Gasteiger partial charge on any atom is -0.368 e. The van der Waals surface area contributed by atoms with E-state index >= 15 is 0 Å². The molecular weight excluding hydrogens is 405 g/mol. The van der Waals surface area contributed by atoms with E-state index in [0.717, 1.165) is 40.4 Å². The Morgan fingerprint density at radius 2 is 1.94 bits per heavy atom. The Balaban J connectivity index is 1.62. The molecule has 0 bridgehead atoms. The van der Waals surface area contributed by atoms with Crippen molar-refractivity contribution in [2.45, 2.75) is 26.2 Å². The average molecular weight is 430 g/mol. The van der Waals surface area contributed by atoms with Crippen molar-refractivity contribution in [1.29, 1.82) is 0 Å². The van der Waals surface area contributed by atoms with Gasteiger partial charge in [-0.2, -0.15) is 5.10 Å². The number of H-pyrrole nitrogens is 2. The summed E-state index contributed by atoms with van der Waals surface area (Å²) in [4.78, 5) is 19.0. The fourth-order valence-electron chi connectivity index (χ4n) is 4.15. The molecule has 32 heavy (non-hydrogen) atoms. The molecule has 1 aliphatic rings. The largest absolute Gasteiger partial charge is 0.368 e. The summed E-state index contributed by atoms with van der Waals surface area (Å²) in [5, 5.41) is 9.23. The molecule has 1 aliphatic heterocycles. The molecule has 4 aromatic heterocycles. The highest BCUT2D eigenvalue weighted by Crippen LogP contribution is 2.28. The summed E-state index contributed by atoms with van der Waals surface area (Å²) in [5.74, 6) is 0.244. The molecule has 0 amide bonds. The zero-order chi connectivity index (χ0) is 22.1. The third kappa shape index (κ3) is 3.68. The number of fused-ring (bicyclic) bond motifs is 1. The molecule has 0 spiro atoms. The van der Waals surface area contributed by atoms with Gasteiger partial charge < -0.3 is 9.88 Å². The topological polar surface area (TPSA) is 86.4 Å². The Morgan fingerprint density at radius 1 is 1.12 bits per heavy atom. The van der Waals surface area contributed by atoms with E-state index in [0.29, 0.717) is 22.7 Å². The van der Waals surface area contributed by atoms with Crippen molar-refractivity contribution < 1.29 is 4.39 Å². The number of nitrogens with one attached hydrogen (secondary N) is 2. The second-order valence-electron chi connectivity index (χ2n) is 7.94. The van der Waals surface area contributed by atoms with Crippen molar-refractivity contribution in [2.75, 3.05) is 18.0 Å². The van der Waals surface area contributed by atoms with Crippen molar-refractivity contribution in [3.05, 3.63) is 59.4 Å². The van der Waals surface area contributed by atoms with E-state index in [-0.39, 0.29) is 0 Å². The van der Waals surface area contributed by atoms with Crippen LogP contribution in [0.1, 0.15) is 31.7 Å². The normalized spacial score (nSPS) is 15.6. The van der Waals surface area contributed by atoms with Gasteiger partial charge in [-0.25, -0.2) is 9.37 Å². The lowest BCUT2D eigenvalue weighted by Gasteiger charge is -2.28. The summed E-state index contributed by atoms with van der Waals surface area (Å²) >= 11 is 0. The van der Waals surface area contributed by atoms with E-state index in [2.05, 4.69) is 36.6 Å². The van der Waals surface area contributed by atoms with Gasteiger partial charge in [0, 0.05) is 30.1 Å². The van der Waals surface area contributed by atoms with Crippen LogP contribution in [0.2, 0.25) is 0 Å². The Hall–Kier alpha value is -3.81. The number of hydrogen-bond acceptors (Lipinski definition) is 5. The van der Waals surface area contributed by atoms with Gasteiger partial charge in [0.1, 0.15) is 17.0 Å². The van der Waals surface area contributed by atoms with Gasteiger partial charge in [0.25, 0.3) is 0 Å². The van der Waals surface area contributed by atoms with Gasteiger partial charge in [-0.15, -0.1) is 0 Å². The molecule has 1 fully saturated rings. The van der Waals surface area contributed by atoms with Crippen LogP contribution in [0.3, 0.4) is 0 Å². The Morgan fingerprint density at radius 3 is 2.72 bits per heavy atom. The number of rotatable bonds is 4. The van der Waals surface area contributed by atoms with Crippen LogP contribution in [0.5, 0.6) is 0 Å². The van der Waals surface area contributed by atoms with Crippen LogP contribution in [0.25, 0.3) is 40.3 Å². The van der Waals surface area contributed by atoms with E-state index < -0.39 is 5.82 Å². The number of aromatic amines is 2. The second-order valence-corrected chi connectivity index (χ2v) is 7.94. The fraction of sp³-hybridized carbons (Fsp3) is 0.250. The van der Waals surface area contributed by atoms with Crippen molar-refractivity contribution in [2.24, 2.45) is 0 Å². The zero-order valence-electron chi connectivity index (χ0n) is 17.9. The third-order valence-corrected chi connectivity index (χ3v) is 5.81. The molecule has 4 aromatic rings. The predicted octanol–water partition coefficient (Wildman–Crippen LogP) is 3.17. The van der Waals surface area contributed by atoms with Crippen LogP contribution >= 0.6 is 0 Å². The SMILES string of the molecule is C=C(/C=c1/c(-c2nc3c(N4CCCCC4)cncc3[nH]2)n[nH]/c1=C/C)c1cncc(F)c1. The average Bonchev–Trinajstić information content (AvgIpc) is 3.43. The highest BCUT2D eigenvalue weighted by atomic mass is 19.1. The summed E-state index contributed by atoms with van der Waals surface area (Å²) < 4.78 is 13.6. The maximum Gasteiger partial charge on any atom is 0.159 e. The van der Waals surface area contributed by atoms with Crippen LogP contribution < -0.4 is 15.5 Å². The molecule has 1 saturated heterocycles. The predicted molar refractivity (Wildman–Crippen MR) is 125 cm³/mol. The van der Waals surface area contributed by atoms with Crippen molar-refractivity contribution >= 4 is 34.4 Å². The molecule has 0 unspecified atom stereocenters. The molecule has 0 radical (unpaired) electrons. The van der Waals surface area contributed by atoms with Crippen molar-refractivity contribution in [3.63, 3.8) is 0 Å². The highest BCUT2D eigenvalue weighted by molar-refractivity contribution is 5.91. The smallest absolute Gasteiger partial charge is 0.159 e. The molecule has 0 saturated carbocycles. The van der Waals surface area contributed by atoms with Gasteiger partial charge in [0.15, 0.2) is 5.82 Å². The first kappa shape index (κ1) is 20.1. The first-order chi connectivity index (χ1) is 15.6. The van der Waals surface area contributed by atoms with Crippen LogP contribution in [-0.4, -0.2) is 43.2 Å². The molecule has 0 aromatic carbocycles. The summed E-state index contributed by atoms with van der Waals surface area (Å²) in [6.07, 6.45) is 13.9. The monoisotopic (exact) mass is 429 g/mol. The van der Waals surface area contributed by atoms with E-state index in [9.17, 15) is 4.39 Å². The quantitative estimate of drug-likeness (QED) is 0.520. The van der Waals surface area contributed by atoms with Gasteiger partial charge >= 0.3 is 0 Å². The third-order valence-electron chi connectivity index (χ3n) is 5.81. The van der Waals surface area contributed by atoms with Crippen LogP contribution in [0, 0.1) is 5.82 Å². The molecular formula is C24H24FN7. The summed E-state index contributed by atoms with van der Waals surface area (Å²) in [6, 6.07) is 1.42. The zero-order valence-corrected chi connectivity index (χ0v) is 17.9. The second kappa shape index (κ2) is 8.37. The Bertz CT molecular complexity index is 1410. The number of nitrogens with zero attached hydrogens (tertiary/aromatic N) is 5. The summed E-state index contributed by atoms with van der Waals surface area (Å²) in [5.41, 5.74) is 4.72. The van der Waals surface area contributed by atoms with Crippen LogP contribution in [0.15, 0.2) is 37.4 Å². The number of anilines is 1. The molecule has 162 valence electrons. The van der Waals surface area contributed by atoms with Crippen molar-refractivity contribution in [1.82, 2.24) is 30.1 Å². The van der Waals surface area contributed by atoms with E-state index in [1.54, 1.807) is 12.4 Å². The lowest BCUT2D eigenvalue weighted by atomic mass is 10.1. The standard InChI is InChI=1S/C24H24FN7/c1-3-19-18(9-15(2)16-10-17(25)12-26-11-16)22(31-30-19)24-28-20-13-27-14-21(23(20)29-24)32-7-5-4-6-8-32/h3,9-14,30H,2,4-8H2,1H3,(H,28,29)/b18-9+,19-3+. The Kier molecular flexibility index (Phi) is 5.26. The highest BCUT2D eigenvalue weighted by Gasteiger charge is 2.18. The van der Waals surface area contributed by atoms with Gasteiger partial charge in [-0.05, 0) is 43.9 Å². The van der Waals surface area contributed by atoms with Crippen LogP contribution in [-0.2, 0) is 0 Å². The summed E-state index contributed by atoms with van der Waals surface area (Å²) in [6.45, 7) is 8.06. The number of imidazole rings is 1. The lowest BCUT2D eigenvalue weighted by Crippen LogP contribution is -2.29. The maximum absolute atomic E-state index is 13.6.